The predicted molar refractivity (Wildman–Crippen MR) is 71.4 cm³/mol. The van der Waals surface area contributed by atoms with Crippen molar-refractivity contribution in [2.24, 2.45) is 0 Å². The lowest BCUT2D eigenvalue weighted by Gasteiger charge is -2.05. The lowest BCUT2D eigenvalue weighted by molar-refractivity contribution is -0.137. The maximum Gasteiger partial charge on any atom is 0.321 e. The van der Waals surface area contributed by atoms with E-state index in [1.165, 1.54) is 0 Å². The first kappa shape index (κ1) is 15.9. The van der Waals surface area contributed by atoms with Crippen LogP contribution < -0.4 is 15.5 Å². The zero-order valence-corrected chi connectivity index (χ0v) is 11.4. The van der Waals surface area contributed by atoms with Crippen LogP contribution in [0.15, 0.2) is 10.2 Å². The Labute approximate surface area is 118 Å². The van der Waals surface area contributed by atoms with Crippen molar-refractivity contribution >= 4 is 29.2 Å². The van der Waals surface area contributed by atoms with Crippen molar-refractivity contribution in [3.8, 4) is 0 Å². The molecule has 0 bridgehead atoms. The standard InChI is InChI=1S/C11H15N3O5S/c15-8(3-1-2-4-9(16)17)14-10(18)12-5-7-6-20-11(19)13-7/h6H,1-5H2,(H,13,19)(H,16,17)(H2,12,14,15,18). The minimum atomic E-state index is -0.909. The number of carboxylic acid groups (broad SMARTS) is 1. The van der Waals surface area contributed by atoms with E-state index in [0.29, 0.717) is 18.5 Å². The molecule has 3 amide bonds. The SMILES string of the molecule is O=C(O)CCCCC(=O)NC(=O)NCc1csc(=O)[nH]1. The normalized spacial score (nSPS) is 10.0. The zero-order valence-electron chi connectivity index (χ0n) is 10.6. The number of H-pyrrole nitrogens is 1. The third kappa shape index (κ3) is 6.69. The molecule has 0 saturated carbocycles. The molecular formula is C11H15N3O5S. The fourth-order valence-corrected chi connectivity index (χ4v) is 1.95. The summed E-state index contributed by atoms with van der Waals surface area (Å²) in [7, 11) is 0. The molecule has 1 rings (SSSR count). The van der Waals surface area contributed by atoms with E-state index >= 15 is 0 Å². The summed E-state index contributed by atoms with van der Waals surface area (Å²) in [5.41, 5.74) is 0.559. The van der Waals surface area contributed by atoms with Crippen LogP contribution in [-0.2, 0) is 16.1 Å². The Morgan fingerprint density at radius 3 is 2.55 bits per heavy atom. The van der Waals surface area contributed by atoms with Gasteiger partial charge in [-0.05, 0) is 12.8 Å². The van der Waals surface area contributed by atoms with Gasteiger partial charge in [0.25, 0.3) is 0 Å². The van der Waals surface area contributed by atoms with Gasteiger partial charge >= 0.3 is 16.9 Å². The highest BCUT2D eigenvalue weighted by atomic mass is 32.1. The number of amides is 3. The fraction of sp³-hybridized carbons (Fsp3) is 0.455. The maximum atomic E-state index is 11.3. The number of imide groups is 1. The molecule has 8 nitrogen and oxygen atoms in total. The molecule has 0 saturated heterocycles. The van der Waals surface area contributed by atoms with Crippen LogP contribution in [0.1, 0.15) is 31.4 Å². The smallest absolute Gasteiger partial charge is 0.321 e. The first-order chi connectivity index (χ1) is 9.47. The lowest BCUT2D eigenvalue weighted by atomic mass is 10.2. The molecule has 1 heterocycles. The summed E-state index contributed by atoms with van der Waals surface area (Å²) in [6.45, 7) is 0.122. The van der Waals surface area contributed by atoms with Crippen LogP contribution in [0.2, 0.25) is 0 Å². The molecule has 0 aliphatic heterocycles. The van der Waals surface area contributed by atoms with Gasteiger partial charge in [-0.3, -0.25) is 19.7 Å². The Balaban J connectivity index is 2.16. The Hall–Kier alpha value is -2.16. The monoisotopic (exact) mass is 301 g/mol. The van der Waals surface area contributed by atoms with Crippen LogP contribution in [-0.4, -0.2) is 28.0 Å². The Morgan fingerprint density at radius 2 is 1.95 bits per heavy atom. The summed E-state index contributed by atoms with van der Waals surface area (Å²) < 4.78 is 0. The third-order valence-corrected chi connectivity index (χ3v) is 3.03. The van der Waals surface area contributed by atoms with E-state index in [1.54, 1.807) is 5.38 Å². The second-order valence-corrected chi connectivity index (χ2v) is 4.85. The molecule has 20 heavy (non-hydrogen) atoms. The molecule has 0 unspecified atom stereocenters. The Bertz CT molecular complexity index is 536. The van der Waals surface area contributed by atoms with Crippen LogP contribution >= 0.6 is 11.3 Å². The van der Waals surface area contributed by atoms with Crippen LogP contribution in [0, 0.1) is 0 Å². The molecule has 0 radical (unpaired) electrons. The number of carbonyl (C=O) groups is 3. The second kappa shape index (κ2) is 8.10. The molecule has 110 valence electrons. The predicted octanol–water partition coefficient (Wildman–Crippen LogP) is 0.407. The average molecular weight is 301 g/mol. The van der Waals surface area contributed by atoms with Crippen molar-refractivity contribution in [1.29, 1.82) is 0 Å². The number of unbranched alkanes of at least 4 members (excludes halogenated alkanes) is 1. The molecule has 0 aliphatic carbocycles. The van der Waals surface area contributed by atoms with E-state index in [0.717, 1.165) is 11.3 Å². The van der Waals surface area contributed by atoms with Gasteiger partial charge in [0, 0.05) is 23.9 Å². The van der Waals surface area contributed by atoms with Crippen molar-refractivity contribution in [3.05, 3.63) is 20.7 Å². The van der Waals surface area contributed by atoms with Crippen LogP contribution in [0.25, 0.3) is 0 Å². The van der Waals surface area contributed by atoms with Crippen molar-refractivity contribution < 1.29 is 19.5 Å². The van der Waals surface area contributed by atoms with Gasteiger partial charge in [-0.25, -0.2) is 4.79 Å². The molecule has 0 fully saturated rings. The highest BCUT2D eigenvalue weighted by Gasteiger charge is 2.08. The summed E-state index contributed by atoms with van der Waals surface area (Å²) in [6, 6.07) is -0.653. The molecule has 1 aromatic heterocycles. The lowest BCUT2D eigenvalue weighted by Crippen LogP contribution is -2.39. The van der Waals surface area contributed by atoms with Crippen molar-refractivity contribution in [1.82, 2.24) is 15.6 Å². The number of hydrogen-bond donors (Lipinski definition) is 4. The van der Waals surface area contributed by atoms with Gasteiger partial charge < -0.3 is 15.4 Å². The van der Waals surface area contributed by atoms with E-state index < -0.39 is 17.9 Å². The zero-order chi connectivity index (χ0) is 15.0. The molecule has 0 aromatic carbocycles. The summed E-state index contributed by atoms with van der Waals surface area (Å²) in [5, 5.41) is 14.5. The molecule has 0 atom stereocenters. The van der Waals surface area contributed by atoms with Crippen molar-refractivity contribution in [3.63, 3.8) is 0 Å². The Kier molecular flexibility index (Phi) is 6.44. The number of aromatic amines is 1. The summed E-state index contributed by atoms with van der Waals surface area (Å²) in [4.78, 5) is 46.1. The first-order valence-corrected chi connectivity index (χ1v) is 6.81. The highest BCUT2D eigenvalue weighted by molar-refractivity contribution is 7.07. The number of rotatable bonds is 7. The number of aliphatic carboxylic acids is 1. The van der Waals surface area contributed by atoms with Crippen LogP contribution in [0.5, 0.6) is 0 Å². The van der Waals surface area contributed by atoms with Gasteiger partial charge in [-0.1, -0.05) is 11.3 Å². The summed E-state index contributed by atoms with van der Waals surface area (Å²) >= 11 is 0.988. The van der Waals surface area contributed by atoms with Gasteiger partial charge in [0.1, 0.15) is 0 Å². The maximum absolute atomic E-state index is 11.3. The van der Waals surface area contributed by atoms with E-state index in [4.69, 9.17) is 5.11 Å². The van der Waals surface area contributed by atoms with Gasteiger partial charge in [-0.15, -0.1) is 0 Å². The van der Waals surface area contributed by atoms with Crippen LogP contribution in [0.3, 0.4) is 0 Å². The van der Waals surface area contributed by atoms with E-state index in [-0.39, 0.29) is 24.3 Å². The highest BCUT2D eigenvalue weighted by Crippen LogP contribution is 1.99. The number of urea groups is 1. The largest absolute Gasteiger partial charge is 0.481 e. The van der Waals surface area contributed by atoms with Crippen molar-refractivity contribution in [2.45, 2.75) is 32.2 Å². The van der Waals surface area contributed by atoms with Gasteiger partial charge in [0.05, 0.1) is 6.54 Å². The number of carbonyl (C=O) groups excluding carboxylic acids is 2. The molecule has 9 heteroatoms. The Morgan fingerprint density at radius 1 is 1.25 bits per heavy atom. The minimum absolute atomic E-state index is 0.00496. The molecule has 4 N–H and O–H groups in total. The first-order valence-electron chi connectivity index (χ1n) is 5.93. The summed E-state index contributed by atoms with van der Waals surface area (Å²) in [6.07, 6.45) is 0.894. The van der Waals surface area contributed by atoms with E-state index in [1.807, 2.05) is 0 Å². The van der Waals surface area contributed by atoms with E-state index in [2.05, 4.69) is 15.6 Å². The molecular weight excluding hydrogens is 286 g/mol. The number of hydrogen-bond acceptors (Lipinski definition) is 5. The molecule has 1 aromatic rings. The molecule has 0 spiro atoms. The van der Waals surface area contributed by atoms with Gasteiger partial charge in [0.15, 0.2) is 0 Å². The quantitative estimate of drug-likeness (QED) is 0.542. The van der Waals surface area contributed by atoms with E-state index in [9.17, 15) is 19.2 Å². The summed E-state index contributed by atoms with van der Waals surface area (Å²) in [5.74, 6) is -1.38. The van der Waals surface area contributed by atoms with Crippen LogP contribution in [0.4, 0.5) is 4.79 Å². The topological polar surface area (TPSA) is 128 Å². The fourth-order valence-electron chi connectivity index (χ4n) is 1.37. The number of aromatic nitrogens is 1. The van der Waals surface area contributed by atoms with Gasteiger partial charge in [-0.2, -0.15) is 0 Å². The second-order valence-electron chi connectivity index (χ2n) is 4.01. The van der Waals surface area contributed by atoms with Crippen molar-refractivity contribution in [2.75, 3.05) is 0 Å². The average Bonchev–Trinajstić information content (AvgIpc) is 2.78. The molecule has 0 aliphatic rings. The minimum Gasteiger partial charge on any atom is -0.481 e. The van der Waals surface area contributed by atoms with Gasteiger partial charge in [0.2, 0.25) is 5.91 Å². The number of nitrogens with one attached hydrogen (secondary N) is 3. The third-order valence-electron chi connectivity index (χ3n) is 2.31. The number of carboxylic acids is 1. The number of thiazole rings is 1.